The summed E-state index contributed by atoms with van der Waals surface area (Å²) in [6, 6.07) is 63.1. The normalized spacial score (nSPS) is 9.74. The van der Waals surface area contributed by atoms with Crippen LogP contribution in [-0.2, 0) is 68.1 Å². The number of nitrogens with two attached hydrogens (primary N) is 21. The van der Waals surface area contributed by atoms with Crippen LogP contribution in [0.5, 0.6) is 0 Å². The van der Waals surface area contributed by atoms with Crippen LogP contribution < -0.4 is 142 Å². The molecule has 0 spiro atoms. The fourth-order valence-electron chi connectivity index (χ4n) is 8.61. The SMILES string of the molecule is CC(=O)NCc1cc(N)ccc1N.CC(=O)Nc1cc(N)ccc1N.CNCc1cc(N)ccc1N.NC(=O)c1cc(N)ccc1N.NCCc1ccc(N)cc1.NCc1cc(N)ccc1N.NCc1ccc(CCc2ccc(CN)cc2)cc1.NCc1ccc(N)cc1.NNc1cc(N)ccc1N. The zero-order chi connectivity index (χ0) is 77.7. The highest BCUT2D eigenvalue weighted by Gasteiger charge is 2.06. The van der Waals surface area contributed by atoms with Crippen LogP contribution in [0.3, 0.4) is 0 Å². The number of amides is 3. The van der Waals surface area contributed by atoms with Crippen molar-refractivity contribution in [1.82, 2.24) is 10.6 Å². The van der Waals surface area contributed by atoms with Gasteiger partial charge in [-0.1, -0.05) is 72.8 Å². The second kappa shape index (κ2) is 48.2. The van der Waals surface area contributed by atoms with Crippen molar-refractivity contribution in [2.24, 2.45) is 40.2 Å². The average Bonchev–Trinajstić information content (AvgIpc) is 0.879. The molecule has 3 amide bonds. The molecule has 0 aliphatic carbocycles. The lowest BCUT2D eigenvalue weighted by molar-refractivity contribution is -0.119. The van der Waals surface area contributed by atoms with Crippen LogP contribution in [-0.4, -0.2) is 31.3 Å². The first-order chi connectivity index (χ1) is 49.5. The van der Waals surface area contributed by atoms with Crippen molar-refractivity contribution in [3.63, 3.8) is 0 Å². The third-order valence-electron chi connectivity index (χ3n) is 14.4. The van der Waals surface area contributed by atoms with E-state index in [0.717, 1.165) is 70.8 Å². The van der Waals surface area contributed by atoms with Gasteiger partial charge in [-0.05, 0) is 216 Å². The maximum absolute atomic E-state index is 10.7. The van der Waals surface area contributed by atoms with Crippen molar-refractivity contribution in [2.75, 3.05) is 105 Å². The molecule has 28 heteroatoms. The second-order valence-electron chi connectivity index (χ2n) is 23.0. The molecule has 0 radical (unpaired) electrons. The number of hydrogen-bond acceptors (Lipinski definition) is 25. The van der Waals surface area contributed by atoms with Gasteiger partial charge in [-0.3, -0.25) is 20.2 Å². The van der Waals surface area contributed by atoms with Crippen LogP contribution in [0.1, 0.15) is 74.3 Å². The number of primary amides is 1. The molecule has 0 aliphatic rings. The quantitative estimate of drug-likeness (QED) is 0.0293. The summed E-state index contributed by atoms with van der Waals surface area (Å²) in [7, 11) is 1.88. The topological polar surface area (TPSA) is 646 Å². The predicted molar refractivity (Wildman–Crippen MR) is 439 cm³/mol. The number of anilines is 16. The number of nitrogen functional groups attached to an aromatic ring is 15. The number of hydrazine groups is 1. The van der Waals surface area contributed by atoms with Crippen molar-refractivity contribution in [1.29, 1.82) is 0 Å². The number of nitrogens with one attached hydrogen (secondary N) is 4. The molecule has 0 atom stereocenters. The van der Waals surface area contributed by atoms with Crippen LogP contribution in [0.15, 0.2) is 206 Å². The second-order valence-corrected chi connectivity index (χ2v) is 23.0. The molecular formula is C76H109N25O3. The first-order valence-electron chi connectivity index (χ1n) is 32.6. The van der Waals surface area contributed by atoms with E-state index in [2.05, 4.69) is 69.9 Å². The molecule has 0 unspecified atom stereocenters. The van der Waals surface area contributed by atoms with E-state index >= 15 is 0 Å². The molecule has 10 aromatic carbocycles. The summed E-state index contributed by atoms with van der Waals surface area (Å²) >= 11 is 0. The zero-order valence-corrected chi connectivity index (χ0v) is 59.6. The summed E-state index contributed by atoms with van der Waals surface area (Å²) in [6.45, 7) is 7.01. The molecular weight excluding hydrogens is 1310 g/mol. The molecule has 0 bridgehead atoms. The Morgan fingerprint density at radius 2 is 0.625 bits per heavy atom. The van der Waals surface area contributed by atoms with E-state index in [0.29, 0.717) is 108 Å². The van der Waals surface area contributed by atoms with Crippen LogP contribution >= 0.6 is 0 Å². The Morgan fingerprint density at radius 1 is 0.317 bits per heavy atom. The van der Waals surface area contributed by atoms with Crippen molar-refractivity contribution in [3.8, 4) is 0 Å². The van der Waals surface area contributed by atoms with E-state index in [1.165, 1.54) is 47.7 Å². The van der Waals surface area contributed by atoms with Gasteiger partial charge in [-0.15, -0.1) is 0 Å². The minimum absolute atomic E-state index is 0.0816. The van der Waals surface area contributed by atoms with Gasteiger partial charge >= 0.3 is 0 Å². The van der Waals surface area contributed by atoms with E-state index < -0.39 is 5.91 Å². The van der Waals surface area contributed by atoms with Crippen LogP contribution in [0.25, 0.3) is 0 Å². The van der Waals surface area contributed by atoms with Crippen LogP contribution in [0.4, 0.5) is 91.0 Å². The molecule has 46 N–H and O–H groups in total. The van der Waals surface area contributed by atoms with E-state index in [1.54, 1.807) is 91.0 Å². The number of hydrogen-bond donors (Lipinski definition) is 25. The minimum Gasteiger partial charge on any atom is -0.399 e. The van der Waals surface area contributed by atoms with Gasteiger partial charge in [-0.25, -0.2) is 0 Å². The Bertz CT molecular complexity index is 4060. The van der Waals surface area contributed by atoms with Gasteiger partial charge < -0.3 is 136 Å². The first-order valence-corrected chi connectivity index (χ1v) is 32.6. The summed E-state index contributed by atoms with van der Waals surface area (Å²) < 4.78 is 0. The smallest absolute Gasteiger partial charge is 0.250 e. The van der Waals surface area contributed by atoms with Gasteiger partial charge in [-0.2, -0.15) is 0 Å². The third kappa shape index (κ3) is 35.9. The summed E-state index contributed by atoms with van der Waals surface area (Å²) in [5.74, 6) is 4.33. The lowest BCUT2D eigenvalue weighted by atomic mass is 10.0. The first kappa shape index (κ1) is 87.4. The van der Waals surface area contributed by atoms with Gasteiger partial charge in [0.05, 0.1) is 28.3 Å². The summed E-state index contributed by atoms with van der Waals surface area (Å²) in [6.07, 6.45) is 3.06. The average molecular weight is 1420 g/mol. The summed E-state index contributed by atoms with van der Waals surface area (Å²) in [5.41, 5.74) is 133. The Labute approximate surface area is 610 Å². The highest BCUT2D eigenvalue weighted by molar-refractivity contribution is 5.99. The van der Waals surface area contributed by atoms with Crippen molar-refractivity contribution in [2.45, 2.75) is 72.4 Å². The Kier molecular flexibility index (Phi) is 40.5. The molecule has 0 saturated carbocycles. The summed E-state index contributed by atoms with van der Waals surface area (Å²) in [4.78, 5) is 32.0. The standard InChI is InChI=1S/C16H20N2.C9H13N3O.C8H11N3O.C8H13N3.C8H12N2.C7H9N3O.C7H11N3.C7H10N2.C6H10N4/c17-11-15-7-3-13(4-8-15)1-2-14-5-9-16(12-18)10-6-14;1-6(13)12-5-7-4-8(10)2-3-9(7)11;1-5(12)11-8-4-6(9)2-3-7(8)10;1-11-5-6-4-7(9)2-3-8(6)10;9-6-5-7-1-3-8(10)4-2-7;8-4-1-2-6(9)5(3-4)7(10)11;8-4-5-3-6(9)1-2-7(5)10;8-5-6-1-3-7(9)4-2-6;7-4-1-2-5(8)6(3-4)10-9/h3-10H,1-2,11-12,17-18H2;2-4H,5,10-11H2,1H3,(H,12,13);2-4H,9-10H2,1H3,(H,11,12);2-4,11H,5,9-10H2,1H3;1-4H,5-6,9-10H2;1-3H,8-9H2,(H2,10,11);1-3H,4,8-10H2;1-4H,5,8-9H2;1-3,10H,7-9H2. The molecule has 28 nitrogen and oxygen atoms in total. The molecule has 0 fully saturated rings. The van der Waals surface area contributed by atoms with Crippen molar-refractivity contribution >= 4 is 109 Å². The molecule has 0 aromatic heterocycles. The van der Waals surface area contributed by atoms with Gasteiger partial charge in [0.15, 0.2) is 0 Å². The lowest BCUT2D eigenvalue weighted by Crippen LogP contribution is -2.19. The van der Waals surface area contributed by atoms with E-state index in [4.69, 9.17) is 121 Å². The fraction of sp³-hybridized carbons (Fsp3) is 0.171. The monoisotopic (exact) mass is 1420 g/mol. The predicted octanol–water partition coefficient (Wildman–Crippen LogP) is 6.15. The number of carbonyl (C=O) groups excluding carboxylic acids is 3. The maximum atomic E-state index is 10.7. The molecule has 104 heavy (non-hydrogen) atoms. The van der Waals surface area contributed by atoms with E-state index in [-0.39, 0.29) is 17.4 Å². The Hall–Kier alpha value is -12.7. The third-order valence-corrected chi connectivity index (χ3v) is 14.4. The number of carbonyl (C=O) groups is 3. The Morgan fingerprint density at radius 3 is 0.962 bits per heavy atom. The maximum Gasteiger partial charge on any atom is 0.250 e. The zero-order valence-electron chi connectivity index (χ0n) is 59.6. The number of aryl methyl sites for hydroxylation is 2. The molecule has 10 aromatic rings. The highest BCUT2D eigenvalue weighted by Crippen LogP contribution is 2.23. The number of rotatable bonds is 16. The van der Waals surface area contributed by atoms with Crippen LogP contribution in [0.2, 0.25) is 0 Å². The van der Waals surface area contributed by atoms with Gasteiger partial charge in [0.1, 0.15) is 0 Å². The minimum atomic E-state index is -0.560. The molecule has 10 rings (SSSR count). The molecule has 0 aliphatic heterocycles. The molecule has 556 valence electrons. The van der Waals surface area contributed by atoms with Gasteiger partial charge in [0, 0.05) is 121 Å². The van der Waals surface area contributed by atoms with Gasteiger partial charge in [0.25, 0.3) is 5.91 Å². The molecule has 0 saturated heterocycles. The van der Waals surface area contributed by atoms with Crippen molar-refractivity contribution in [3.05, 3.63) is 262 Å². The largest absolute Gasteiger partial charge is 0.399 e. The lowest BCUT2D eigenvalue weighted by Gasteiger charge is -2.06. The van der Waals surface area contributed by atoms with Gasteiger partial charge in [0.2, 0.25) is 11.8 Å². The summed E-state index contributed by atoms with van der Waals surface area (Å²) in [5, 5.41) is 8.24. The van der Waals surface area contributed by atoms with Crippen LogP contribution in [0, 0.1) is 0 Å². The van der Waals surface area contributed by atoms with Crippen molar-refractivity contribution < 1.29 is 14.4 Å². The number of benzene rings is 10. The van der Waals surface area contributed by atoms with E-state index in [9.17, 15) is 14.4 Å². The van der Waals surface area contributed by atoms with E-state index in [1.807, 2.05) is 67.7 Å². The highest BCUT2D eigenvalue weighted by atomic mass is 16.2. The fourth-order valence-corrected chi connectivity index (χ4v) is 8.61. The molecule has 0 heterocycles. The Balaban J connectivity index is 0.000000401.